The van der Waals surface area contributed by atoms with Gasteiger partial charge in [0.2, 0.25) is 0 Å². The highest BCUT2D eigenvalue weighted by atomic mass is 15.3. The smallest absolute Gasteiger partial charge is 0.184 e. The van der Waals surface area contributed by atoms with Crippen molar-refractivity contribution in [1.29, 1.82) is 5.26 Å². The average molecular weight is 263 g/mol. The molecule has 98 valence electrons. The van der Waals surface area contributed by atoms with Gasteiger partial charge in [0, 0.05) is 18.9 Å². The Morgan fingerprint density at radius 2 is 1.95 bits per heavy atom. The van der Waals surface area contributed by atoms with E-state index >= 15 is 0 Å². The summed E-state index contributed by atoms with van der Waals surface area (Å²) in [7, 11) is 1.99. The molecule has 0 saturated carbocycles. The molecule has 2 heterocycles. The Kier molecular flexibility index (Phi) is 3.05. The second-order valence-corrected chi connectivity index (χ2v) is 4.43. The molecule has 5 nitrogen and oxygen atoms in total. The predicted molar refractivity (Wildman–Crippen MR) is 76.8 cm³/mol. The summed E-state index contributed by atoms with van der Waals surface area (Å²) >= 11 is 0. The van der Waals surface area contributed by atoms with E-state index in [0.29, 0.717) is 5.82 Å². The minimum absolute atomic E-state index is 0.250. The number of hydrogen-bond acceptors (Lipinski definition) is 4. The minimum atomic E-state index is 0.250. The molecule has 0 atom stereocenters. The Bertz CT molecular complexity index is 770. The molecule has 0 aliphatic rings. The van der Waals surface area contributed by atoms with E-state index < -0.39 is 0 Å². The Hall–Kier alpha value is -2.87. The van der Waals surface area contributed by atoms with Crippen LogP contribution < -0.4 is 4.90 Å². The molecular weight excluding hydrogens is 250 g/mol. The zero-order valence-corrected chi connectivity index (χ0v) is 11.1. The summed E-state index contributed by atoms with van der Waals surface area (Å²) in [4.78, 5) is 2.06. The number of fused-ring (bicyclic) bond motifs is 1. The van der Waals surface area contributed by atoms with Gasteiger partial charge in [0.15, 0.2) is 11.5 Å². The quantitative estimate of drug-likeness (QED) is 0.728. The van der Waals surface area contributed by atoms with E-state index in [4.69, 9.17) is 5.26 Å². The lowest BCUT2D eigenvalue weighted by atomic mass is 10.2. The molecule has 0 saturated heterocycles. The van der Waals surface area contributed by atoms with Crippen molar-refractivity contribution in [2.45, 2.75) is 6.42 Å². The second-order valence-electron chi connectivity index (χ2n) is 4.43. The van der Waals surface area contributed by atoms with Crippen molar-refractivity contribution < 1.29 is 0 Å². The fourth-order valence-electron chi connectivity index (χ4n) is 2.19. The zero-order valence-electron chi connectivity index (χ0n) is 11.1. The van der Waals surface area contributed by atoms with Crippen LogP contribution in [0.2, 0.25) is 0 Å². The molecule has 0 radical (unpaired) electrons. The van der Waals surface area contributed by atoms with Crippen molar-refractivity contribution >= 4 is 17.0 Å². The standard InChI is InChI=1S/C15H13N5/c1-19(12-6-3-2-4-7-12)13-8-5-11-20-14(9-10-16)17-18-15(13)20/h2-8,11H,9H2,1H3. The Labute approximate surface area is 116 Å². The van der Waals surface area contributed by atoms with Crippen molar-refractivity contribution in [1.82, 2.24) is 14.6 Å². The molecule has 0 amide bonds. The van der Waals surface area contributed by atoms with Gasteiger partial charge in [-0.25, -0.2) is 0 Å². The first kappa shape index (κ1) is 12.2. The highest BCUT2D eigenvalue weighted by Gasteiger charge is 2.12. The van der Waals surface area contributed by atoms with Gasteiger partial charge in [0.05, 0.1) is 18.2 Å². The highest BCUT2D eigenvalue weighted by molar-refractivity contribution is 5.75. The van der Waals surface area contributed by atoms with Crippen LogP contribution in [0.1, 0.15) is 5.82 Å². The van der Waals surface area contributed by atoms with E-state index in [0.717, 1.165) is 17.0 Å². The van der Waals surface area contributed by atoms with E-state index in [1.54, 1.807) is 0 Å². The summed E-state index contributed by atoms with van der Waals surface area (Å²) in [5.74, 6) is 0.658. The summed E-state index contributed by atoms with van der Waals surface area (Å²) in [5, 5.41) is 17.1. The molecule has 0 unspecified atom stereocenters. The van der Waals surface area contributed by atoms with Crippen LogP contribution in [-0.2, 0) is 6.42 Å². The third-order valence-electron chi connectivity index (χ3n) is 3.23. The molecule has 0 bridgehead atoms. The number of hydrogen-bond donors (Lipinski definition) is 0. The van der Waals surface area contributed by atoms with Gasteiger partial charge in [0.25, 0.3) is 0 Å². The van der Waals surface area contributed by atoms with Gasteiger partial charge in [-0.2, -0.15) is 5.26 Å². The Morgan fingerprint density at radius 3 is 2.70 bits per heavy atom. The molecule has 20 heavy (non-hydrogen) atoms. The fourth-order valence-corrected chi connectivity index (χ4v) is 2.19. The summed E-state index contributed by atoms with van der Waals surface area (Å²) < 4.78 is 1.86. The normalized spacial score (nSPS) is 10.4. The van der Waals surface area contributed by atoms with Gasteiger partial charge >= 0.3 is 0 Å². The zero-order chi connectivity index (χ0) is 13.9. The second kappa shape index (κ2) is 5.02. The van der Waals surface area contributed by atoms with E-state index in [1.165, 1.54) is 0 Å². The van der Waals surface area contributed by atoms with Gasteiger partial charge in [-0.1, -0.05) is 18.2 Å². The average Bonchev–Trinajstić information content (AvgIpc) is 2.91. The van der Waals surface area contributed by atoms with Crippen LogP contribution in [0.3, 0.4) is 0 Å². The van der Waals surface area contributed by atoms with Crippen LogP contribution in [0.15, 0.2) is 48.7 Å². The number of pyridine rings is 1. The Morgan fingerprint density at radius 1 is 1.15 bits per heavy atom. The van der Waals surface area contributed by atoms with Crippen LogP contribution in [0, 0.1) is 11.3 Å². The minimum Gasteiger partial charge on any atom is -0.342 e. The summed E-state index contributed by atoms with van der Waals surface area (Å²) in [6.45, 7) is 0. The van der Waals surface area contributed by atoms with Crippen LogP contribution in [0.25, 0.3) is 5.65 Å². The van der Waals surface area contributed by atoms with Gasteiger partial charge in [-0.3, -0.25) is 4.40 Å². The summed E-state index contributed by atoms with van der Waals surface area (Å²) in [6, 6.07) is 16.1. The highest BCUT2D eigenvalue weighted by Crippen LogP contribution is 2.26. The van der Waals surface area contributed by atoms with Crippen molar-refractivity contribution in [2.24, 2.45) is 0 Å². The van der Waals surface area contributed by atoms with Gasteiger partial charge in [0.1, 0.15) is 0 Å². The van der Waals surface area contributed by atoms with Crippen molar-refractivity contribution in [2.75, 3.05) is 11.9 Å². The van der Waals surface area contributed by atoms with Gasteiger partial charge in [-0.15, -0.1) is 10.2 Å². The fraction of sp³-hybridized carbons (Fsp3) is 0.133. The van der Waals surface area contributed by atoms with E-state index in [-0.39, 0.29) is 6.42 Å². The molecule has 0 aliphatic heterocycles. The molecule has 1 aromatic carbocycles. The molecule has 0 N–H and O–H groups in total. The molecule has 2 aromatic heterocycles. The number of benzene rings is 1. The first-order valence-corrected chi connectivity index (χ1v) is 6.29. The first-order chi connectivity index (χ1) is 9.81. The maximum atomic E-state index is 8.81. The summed E-state index contributed by atoms with van der Waals surface area (Å²) in [5.41, 5.74) is 2.78. The lowest BCUT2D eigenvalue weighted by Crippen LogP contribution is -2.10. The largest absolute Gasteiger partial charge is 0.342 e. The number of aromatic nitrogens is 3. The third kappa shape index (κ3) is 1.97. The van der Waals surface area contributed by atoms with Gasteiger partial charge < -0.3 is 4.90 Å². The van der Waals surface area contributed by atoms with Gasteiger partial charge in [-0.05, 0) is 24.3 Å². The lowest BCUT2D eigenvalue weighted by Gasteiger charge is -2.19. The maximum absolute atomic E-state index is 8.81. The van der Waals surface area contributed by atoms with Crippen molar-refractivity contribution in [3.05, 3.63) is 54.5 Å². The van der Waals surface area contributed by atoms with E-state index in [2.05, 4.69) is 21.2 Å². The number of anilines is 2. The Balaban J connectivity index is 2.11. The lowest BCUT2D eigenvalue weighted by molar-refractivity contribution is 0.957. The predicted octanol–water partition coefficient (Wildman–Crippen LogP) is 2.56. The third-order valence-corrected chi connectivity index (χ3v) is 3.23. The van der Waals surface area contributed by atoms with E-state index in [1.807, 2.05) is 60.1 Å². The number of nitriles is 1. The molecule has 0 fully saturated rings. The van der Waals surface area contributed by atoms with Crippen LogP contribution in [-0.4, -0.2) is 21.6 Å². The number of nitrogens with zero attached hydrogens (tertiary/aromatic N) is 5. The van der Waals surface area contributed by atoms with Crippen molar-refractivity contribution in [3.8, 4) is 6.07 Å². The molecule has 5 heteroatoms. The van der Waals surface area contributed by atoms with Crippen LogP contribution in [0.5, 0.6) is 0 Å². The molecular formula is C15H13N5. The SMILES string of the molecule is CN(c1ccccc1)c1cccn2c(CC#N)nnc12. The summed E-state index contributed by atoms with van der Waals surface area (Å²) in [6.07, 6.45) is 2.13. The maximum Gasteiger partial charge on any atom is 0.184 e. The first-order valence-electron chi connectivity index (χ1n) is 6.29. The van der Waals surface area contributed by atoms with E-state index in [9.17, 15) is 0 Å². The topological polar surface area (TPSA) is 57.2 Å². The molecule has 3 aromatic rings. The number of para-hydroxylation sites is 1. The van der Waals surface area contributed by atoms with Crippen molar-refractivity contribution in [3.63, 3.8) is 0 Å². The molecule has 0 spiro atoms. The van der Waals surface area contributed by atoms with Crippen LogP contribution >= 0.6 is 0 Å². The van der Waals surface area contributed by atoms with Crippen LogP contribution in [0.4, 0.5) is 11.4 Å². The monoisotopic (exact) mass is 263 g/mol. The molecule has 3 rings (SSSR count). The molecule has 0 aliphatic carbocycles. The number of rotatable bonds is 3.